The summed E-state index contributed by atoms with van der Waals surface area (Å²) in [7, 11) is -1.93. The number of anilines is 1. The van der Waals surface area contributed by atoms with Crippen molar-refractivity contribution in [2.24, 2.45) is 11.8 Å². The van der Waals surface area contributed by atoms with E-state index in [-0.39, 0.29) is 11.8 Å². The van der Waals surface area contributed by atoms with E-state index in [9.17, 15) is 13.2 Å². The van der Waals surface area contributed by atoms with Crippen molar-refractivity contribution in [1.82, 2.24) is 9.21 Å². The van der Waals surface area contributed by atoms with Crippen molar-refractivity contribution in [3.05, 3.63) is 18.2 Å². The summed E-state index contributed by atoms with van der Waals surface area (Å²) >= 11 is 0. The van der Waals surface area contributed by atoms with Crippen molar-refractivity contribution >= 4 is 21.6 Å². The molecule has 2 heterocycles. The molecule has 0 aliphatic carbocycles. The number of sulfonamides is 1. The van der Waals surface area contributed by atoms with Gasteiger partial charge in [-0.1, -0.05) is 33.6 Å². The molecule has 3 rings (SSSR count). The normalized spacial score (nSPS) is 21.2. The van der Waals surface area contributed by atoms with Gasteiger partial charge in [-0.2, -0.15) is 4.31 Å². The Morgan fingerprint density at radius 1 is 1.15 bits per heavy atom. The molecule has 1 aromatic rings. The molecule has 33 heavy (non-hydrogen) atoms. The predicted molar refractivity (Wildman–Crippen MR) is 132 cm³/mol. The minimum Gasteiger partial charge on any atom is -0.495 e. The average Bonchev–Trinajstić information content (AvgIpc) is 2.84. The number of carbonyl (C=O) groups excluding carboxylic acids is 1. The maximum absolute atomic E-state index is 13.3. The zero-order chi connectivity index (χ0) is 24.0. The van der Waals surface area contributed by atoms with Gasteiger partial charge < -0.3 is 14.5 Å². The second-order valence-corrected chi connectivity index (χ2v) is 11.4. The second kappa shape index (κ2) is 11.6. The lowest BCUT2D eigenvalue weighted by Gasteiger charge is -2.38. The summed E-state index contributed by atoms with van der Waals surface area (Å²) in [6.45, 7) is 10.1. The molecule has 0 radical (unpaired) electrons. The molecular formula is C25H41N3O4S. The average molecular weight is 480 g/mol. The van der Waals surface area contributed by atoms with Gasteiger partial charge in [0, 0.05) is 45.2 Å². The maximum Gasteiger partial charge on any atom is 0.243 e. The van der Waals surface area contributed by atoms with Gasteiger partial charge in [0.25, 0.3) is 0 Å². The molecule has 7 nitrogen and oxygen atoms in total. The van der Waals surface area contributed by atoms with Crippen molar-refractivity contribution < 1.29 is 17.9 Å². The number of methoxy groups -OCH3 is 1. The van der Waals surface area contributed by atoms with E-state index in [0.717, 1.165) is 44.2 Å². The molecule has 2 saturated heterocycles. The van der Waals surface area contributed by atoms with E-state index >= 15 is 0 Å². The summed E-state index contributed by atoms with van der Waals surface area (Å²) in [5.74, 6) is 1.40. The van der Waals surface area contributed by atoms with Crippen molar-refractivity contribution in [2.75, 3.05) is 51.3 Å². The van der Waals surface area contributed by atoms with Gasteiger partial charge in [-0.25, -0.2) is 8.42 Å². The van der Waals surface area contributed by atoms with Crippen LogP contribution >= 0.6 is 0 Å². The van der Waals surface area contributed by atoms with E-state index < -0.39 is 10.0 Å². The van der Waals surface area contributed by atoms with Gasteiger partial charge in [0.2, 0.25) is 15.9 Å². The molecule has 0 saturated carbocycles. The summed E-state index contributed by atoms with van der Waals surface area (Å²) < 4.78 is 33.8. The highest BCUT2D eigenvalue weighted by Crippen LogP contribution is 2.34. The van der Waals surface area contributed by atoms with Crippen molar-refractivity contribution in [3.8, 4) is 5.75 Å². The summed E-state index contributed by atoms with van der Waals surface area (Å²) in [6.07, 6.45) is 5.98. The van der Waals surface area contributed by atoms with E-state index in [1.807, 2.05) is 4.90 Å². The fraction of sp³-hybridized carbons (Fsp3) is 0.720. The van der Waals surface area contributed by atoms with Crippen LogP contribution in [0.3, 0.4) is 0 Å². The van der Waals surface area contributed by atoms with Gasteiger partial charge >= 0.3 is 0 Å². The van der Waals surface area contributed by atoms with E-state index in [2.05, 4.69) is 25.7 Å². The molecular weight excluding hydrogens is 438 g/mol. The van der Waals surface area contributed by atoms with Crippen molar-refractivity contribution in [1.29, 1.82) is 0 Å². The monoisotopic (exact) mass is 479 g/mol. The first-order chi connectivity index (χ1) is 15.8. The Kier molecular flexibility index (Phi) is 9.04. The van der Waals surface area contributed by atoms with Gasteiger partial charge in [-0.3, -0.25) is 4.79 Å². The van der Waals surface area contributed by atoms with Crippen LogP contribution in [0.2, 0.25) is 0 Å². The van der Waals surface area contributed by atoms with Gasteiger partial charge in [-0.15, -0.1) is 0 Å². The summed E-state index contributed by atoms with van der Waals surface area (Å²) in [4.78, 5) is 17.4. The van der Waals surface area contributed by atoms with Crippen LogP contribution in [-0.2, 0) is 14.8 Å². The number of unbranched alkanes of at least 4 members (excludes halogenated alkanes) is 1. The quantitative estimate of drug-likeness (QED) is 0.536. The summed E-state index contributed by atoms with van der Waals surface area (Å²) in [6, 6.07) is 5.16. The third-order valence-corrected chi connectivity index (χ3v) is 8.95. The minimum absolute atomic E-state index is 0.103. The highest BCUT2D eigenvalue weighted by molar-refractivity contribution is 7.89. The molecule has 0 unspecified atom stereocenters. The number of benzene rings is 1. The lowest BCUT2D eigenvalue weighted by molar-refractivity contribution is -0.136. The smallest absolute Gasteiger partial charge is 0.243 e. The molecule has 186 valence electrons. The van der Waals surface area contributed by atoms with Crippen LogP contribution in [0.25, 0.3) is 0 Å². The standard InChI is InChI=1S/C25H41N3O4S/c1-5-7-10-21(6-2)25(29)27-16-14-26(15-17-27)23-18-22(11-12-24(23)32-4)33(30,31)28-13-8-9-20(3)19-28/h11-12,18,20-21H,5-10,13-17,19H2,1-4H3/t20-,21+/m0/s1. The Morgan fingerprint density at radius 3 is 2.48 bits per heavy atom. The number of ether oxygens (including phenoxy) is 1. The number of hydrogen-bond acceptors (Lipinski definition) is 5. The van der Waals surface area contributed by atoms with Gasteiger partial charge in [-0.05, 0) is 49.8 Å². The Balaban J connectivity index is 1.74. The van der Waals surface area contributed by atoms with Crippen LogP contribution < -0.4 is 9.64 Å². The fourth-order valence-corrected chi connectivity index (χ4v) is 6.59. The molecule has 2 atom stereocenters. The van der Waals surface area contributed by atoms with Crippen molar-refractivity contribution in [2.45, 2.75) is 64.2 Å². The lowest BCUT2D eigenvalue weighted by atomic mass is 9.97. The molecule has 2 fully saturated rings. The number of piperazine rings is 1. The van der Waals surface area contributed by atoms with E-state index in [1.165, 1.54) is 0 Å². The van der Waals surface area contributed by atoms with Gasteiger partial charge in [0.05, 0.1) is 17.7 Å². The predicted octanol–water partition coefficient (Wildman–Crippen LogP) is 3.98. The second-order valence-electron chi connectivity index (χ2n) is 9.50. The van der Waals surface area contributed by atoms with E-state index in [1.54, 1.807) is 29.6 Å². The van der Waals surface area contributed by atoms with Gasteiger partial charge in [0.15, 0.2) is 0 Å². The Morgan fingerprint density at radius 2 is 1.88 bits per heavy atom. The molecule has 0 spiro atoms. The van der Waals surface area contributed by atoms with Crippen LogP contribution in [0.5, 0.6) is 5.75 Å². The molecule has 2 aliphatic rings. The molecule has 1 aromatic carbocycles. The molecule has 1 amide bonds. The number of piperidine rings is 1. The van der Waals surface area contributed by atoms with Gasteiger partial charge in [0.1, 0.15) is 5.75 Å². The minimum atomic E-state index is -3.54. The molecule has 8 heteroatoms. The first-order valence-electron chi connectivity index (χ1n) is 12.5. The number of hydrogen-bond donors (Lipinski definition) is 0. The first-order valence-corrected chi connectivity index (χ1v) is 14.0. The van der Waals surface area contributed by atoms with Crippen LogP contribution in [-0.4, -0.2) is 69.9 Å². The Labute approximate surface area is 200 Å². The fourth-order valence-electron chi connectivity index (χ4n) is 4.97. The Bertz CT molecular complexity index is 897. The van der Waals surface area contributed by atoms with Crippen LogP contribution in [0.15, 0.2) is 23.1 Å². The van der Waals surface area contributed by atoms with E-state index in [0.29, 0.717) is 55.8 Å². The zero-order valence-corrected chi connectivity index (χ0v) is 21.6. The topological polar surface area (TPSA) is 70.2 Å². The molecule has 0 bridgehead atoms. The first kappa shape index (κ1) is 25.8. The third-order valence-electron chi connectivity index (χ3n) is 7.09. The third kappa shape index (κ3) is 6.01. The highest BCUT2D eigenvalue weighted by Gasteiger charge is 2.31. The highest BCUT2D eigenvalue weighted by atomic mass is 32.2. The number of rotatable bonds is 9. The Hall–Kier alpha value is -1.80. The summed E-state index contributed by atoms with van der Waals surface area (Å²) in [5.41, 5.74) is 0.786. The van der Waals surface area contributed by atoms with Crippen LogP contribution in [0, 0.1) is 11.8 Å². The molecule has 2 aliphatic heterocycles. The van der Waals surface area contributed by atoms with Crippen LogP contribution in [0.1, 0.15) is 59.3 Å². The largest absolute Gasteiger partial charge is 0.495 e. The summed E-state index contributed by atoms with van der Waals surface area (Å²) in [5, 5.41) is 0. The number of amides is 1. The molecule has 0 N–H and O–H groups in total. The maximum atomic E-state index is 13.3. The van der Waals surface area contributed by atoms with Crippen LogP contribution in [0.4, 0.5) is 5.69 Å². The molecule has 0 aromatic heterocycles. The van der Waals surface area contributed by atoms with E-state index in [4.69, 9.17) is 4.74 Å². The lowest BCUT2D eigenvalue weighted by Crippen LogP contribution is -2.50. The SMILES string of the molecule is CCCC[C@@H](CC)C(=O)N1CCN(c2cc(S(=O)(=O)N3CCC[C@H](C)C3)ccc2OC)CC1. The zero-order valence-electron chi connectivity index (χ0n) is 20.8. The number of nitrogens with zero attached hydrogens (tertiary/aromatic N) is 3. The number of carbonyl (C=O) groups is 1. The van der Waals surface area contributed by atoms with Crippen molar-refractivity contribution in [3.63, 3.8) is 0 Å².